The van der Waals surface area contributed by atoms with Gasteiger partial charge in [0.15, 0.2) is 0 Å². The second kappa shape index (κ2) is 3.87. The zero-order valence-corrected chi connectivity index (χ0v) is 5.52. The van der Waals surface area contributed by atoms with Crippen LogP contribution in [0, 0.1) is 5.92 Å². The van der Waals surface area contributed by atoms with Crippen LogP contribution in [-0.4, -0.2) is 17.8 Å². The van der Waals surface area contributed by atoms with Gasteiger partial charge in [-0.1, -0.05) is 20.3 Å². The van der Waals surface area contributed by atoms with E-state index < -0.39 is 0 Å². The zero-order valence-electron chi connectivity index (χ0n) is 5.52. The Balaban J connectivity index is 3.29. The molecule has 0 aliphatic rings. The Hall–Kier alpha value is -0.0800. The molecule has 0 aliphatic carbocycles. The molecular formula is C6H14NO. The molecule has 0 bridgehead atoms. The van der Waals surface area contributed by atoms with Crippen molar-refractivity contribution >= 4 is 0 Å². The van der Waals surface area contributed by atoms with Gasteiger partial charge < -0.3 is 5.11 Å². The van der Waals surface area contributed by atoms with Crippen LogP contribution in [0.2, 0.25) is 0 Å². The lowest BCUT2D eigenvalue weighted by atomic mass is 10.0. The van der Waals surface area contributed by atoms with E-state index in [1.165, 1.54) is 0 Å². The topological polar surface area (TPSA) is 44.0 Å². The van der Waals surface area contributed by atoms with E-state index in [2.05, 4.69) is 0 Å². The Labute approximate surface area is 50.7 Å². The molecule has 0 spiro atoms. The summed E-state index contributed by atoms with van der Waals surface area (Å²) < 4.78 is 0. The van der Waals surface area contributed by atoms with E-state index in [1.54, 1.807) is 0 Å². The normalized spacial score (nSPS) is 18.0. The molecule has 0 rings (SSSR count). The van der Waals surface area contributed by atoms with Gasteiger partial charge in [0.1, 0.15) is 0 Å². The van der Waals surface area contributed by atoms with Crippen molar-refractivity contribution in [3.05, 3.63) is 0 Å². The van der Waals surface area contributed by atoms with E-state index in [1.807, 2.05) is 13.8 Å². The smallest absolute Gasteiger partial charge is 0.0600 e. The standard InChI is InChI=1S/C6H14NO/c1-3-5(2)6(7)4-8/h5-8H,3-4H2,1-2H3. The van der Waals surface area contributed by atoms with Crippen molar-refractivity contribution in [3.8, 4) is 0 Å². The molecule has 0 heterocycles. The van der Waals surface area contributed by atoms with Gasteiger partial charge in [-0.15, -0.1) is 0 Å². The first-order valence-corrected chi connectivity index (χ1v) is 3.04. The summed E-state index contributed by atoms with van der Waals surface area (Å²) in [4.78, 5) is 0. The molecule has 2 unspecified atom stereocenters. The average molecular weight is 116 g/mol. The highest BCUT2D eigenvalue weighted by molar-refractivity contribution is 4.64. The van der Waals surface area contributed by atoms with Crippen molar-refractivity contribution in [1.82, 2.24) is 5.73 Å². The third-order valence-corrected chi connectivity index (χ3v) is 1.53. The molecule has 0 aromatic heterocycles. The van der Waals surface area contributed by atoms with Crippen molar-refractivity contribution in [3.63, 3.8) is 0 Å². The molecule has 0 saturated heterocycles. The van der Waals surface area contributed by atoms with Gasteiger partial charge in [-0.05, 0) is 5.92 Å². The van der Waals surface area contributed by atoms with E-state index in [4.69, 9.17) is 10.8 Å². The molecule has 0 amide bonds. The van der Waals surface area contributed by atoms with Crippen LogP contribution in [0.5, 0.6) is 0 Å². The minimum Gasteiger partial charge on any atom is -0.395 e. The van der Waals surface area contributed by atoms with Crippen LogP contribution in [0.25, 0.3) is 0 Å². The maximum Gasteiger partial charge on any atom is 0.0600 e. The number of hydrogen-bond acceptors (Lipinski definition) is 1. The number of rotatable bonds is 3. The molecule has 2 nitrogen and oxygen atoms in total. The molecule has 0 aromatic carbocycles. The number of aliphatic hydroxyl groups excluding tert-OH is 1. The summed E-state index contributed by atoms with van der Waals surface area (Å²) in [5.41, 5.74) is 7.18. The molecule has 49 valence electrons. The maximum atomic E-state index is 8.45. The van der Waals surface area contributed by atoms with E-state index in [0.29, 0.717) is 5.92 Å². The average Bonchev–Trinajstić information content (AvgIpc) is 1.84. The second-order valence-electron chi connectivity index (χ2n) is 2.17. The molecule has 0 fully saturated rings. The number of hydrogen-bond donors (Lipinski definition) is 1. The van der Waals surface area contributed by atoms with Gasteiger partial charge in [0.05, 0.1) is 6.61 Å². The van der Waals surface area contributed by atoms with Gasteiger partial charge >= 0.3 is 0 Å². The number of nitrogens with one attached hydrogen (secondary N) is 1. The molecule has 0 aromatic rings. The first kappa shape index (κ1) is 7.92. The largest absolute Gasteiger partial charge is 0.395 e. The molecular weight excluding hydrogens is 102 g/mol. The van der Waals surface area contributed by atoms with Crippen molar-refractivity contribution < 1.29 is 5.11 Å². The van der Waals surface area contributed by atoms with Crippen LogP contribution >= 0.6 is 0 Å². The molecule has 2 atom stereocenters. The summed E-state index contributed by atoms with van der Waals surface area (Å²) in [6.07, 6.45) is 0.981. The van der Waals surface area contributed by atoms with Crippen LogP contribution < -0.4 is 5.73 Å². The van der Waals surface area contributed by atoms with E-state index in [9.17, 15) is 0 Å². The van der Waals surface area contributed by atoms with Gasteiger partial charge in [0.2, 0.25) is 0 Å². The quantitative estimate of drug-likeness (QED) is 0.579. The lowest BCUT2D eigenvalue weighted by molar-refractivity contribution is 0.226. The predicted octanol–water partition coefficient (Wildman–Crippen LogP) is 0.676. The van der Waals surface area contributed by atoms with Crippen LogP contribution in [0.15, 0.2) is 0 Å². The Morgan fingerprint density at radius 3 is 2.25 bits per heavy atom. The van der Waals surface area contributed by atoms with E-state index in [-0.39, 0.29) is 12.6 Å². The van der Waals surface area contributed by atoms with Crippen molar-refractivity contribution in [2.24, 2.45) is 5.92 Å². The lowest BCUT2D eigenvalue weighted by Crippen LogP contribution is -2.22. The Morgan fingerprint density at radius 2 is 2.12 bits per heavy atom. The SMILES string of the molecule is CCC(C)C([NH])CO. The van der Waals surface area contributed by atoms with Crippen molar-refractivity contribution in [2.45, 2.75) is 26.3 Å². The molecule has 8 heavy (non-hydrogen) atoms. The summed E-state index contributed by atoms with van der Waals surface area (Å²) in [6.45, 7) is 4.00. The Morgan fingerprint density at radius 1 is 1.62 bits per heavy atom. The minimum absolute atomic E-state index is 0.00495. The molecule has 0 saturated carbocycles. The van der Waals surface area contributed by atoms with E-state index in [0.717, 1.165) is 6.42 Å². The summed E-state index contributed by atoms with van der Waals surface area (Å²) >= 11 is 0. The fraction of sp³-hybridized carbons (Fsp3) is 1.00. The fourth-order valence-electron chi connectivity index (χ4n) is 0.464. The summed E-state index contributed by atoms with van der Waals surface area (Å²) in [5.74, 6) is 0.333. The highest BCUT2D eigenvalue weighted by Crippen LogP contribution is 2.04. The van der Waals surface area contributed by atoms with Gasteiger partial charge in [0.25, 0.3) is 0 Å². The van der Waals surface area contributed by atoms with Gasteiger partial charge in [0, 0.05) is 6.04 Å². The summed E-state index contributed by atoms with van der Waals surface area (Å²) in [5, 5.41) is 8.45. The third kappa shape index (κ3) is 2.28. The molecule has 2 heteroatoms. The first-order valence-electron chi connectivity index (χ1n) is 3.04. The highest BCUT2D eigenvalue weighted by atomic mass is 16.3. The Kier molecular flexibility index (Phi) is 3.83. The van der Waals surface area contributed by atoms with Crippen LogP contribution in [-0.2, 0) is 0 Å². The summed E-state index contributed by atoms with van der Waals surface area (Å²) in [6, 6.07) is -0.278. The number of aliphatic hydroxyl groups is 1. The Bertz CT molecular complexity index is 48.5. The third-order valence-electron chi connectivity index (χ3n) is 1.53. The van der Waals surface area contributed by atoms with Crippen LogP contribution in [0.3, 0.4) is 0 Å². The van der Waals surface area contributed by atoms with Gasteiger partial charge in [-0.25, -0.2) is 0 Å². The maximum absolute atomic E-state index is 8.45. The molecule has 1 radical (unpaired) electrons. The van der Waals surface area contributed by atoms with Crippen LogP contribution in [0.1, 0.15) is 20.3 Å². The highest BCUT2D eigenvalue weighted by Gasteiger charge is 2.08. The monoisotopic (exact) mass is 116 g/mol. The van der Waals surface area contributed by atoms with Crippen molar-refractivity contribution in [2.75, 3.05) is 6.61 Å². The van der Waals surface area contributed by atoms with E-state index >= 15 is 0 Å². The lowest BCUT2D eigenvalue weighted by Gasteiger charge is -2.12. The summed E-state index contributed by atoms with van der Waals surface area (Å²) in [7, 11) is 0. The van der Waals surface area contributed by atoms with Crippen molar-refractivity contribution in [1.29, 1.82) is 0 Å². The van der Waals surface area contributed by atoms with Crippen LogP contribution in [0.4, 0.5) is 0 Å². The zero-order chi connectivity index (χ0) is 6.57. The molecule has 2 N–H and O–H groups in total. The first-order chi connectivity index (χ1) is 3.72. The van der Waals surface area contributed by atoms with Gasteiger partial charge in [-0.3, -0.25) is 5.73 Å². The molecule has 0 aliphatic heterocycles. The second-order valence-corrected chi connectivity index (χ2v) is 2.17. The predicted molar refractivity (Wildman–Crippen MR) is 33.4 cm³/mol. The fourth-order valence-corrected chi connectivity index (χ4v) is 0.464. The minimum atomic E-state index is -0.278. The van der Waals surface area contributed by atoms with Gasteiger partial charge in [-0.2, -0.15) is 0 Å².